The molecule has 0 fully saturated rings. The van der Waals surface area contributed by atoms with Crippen molar-refractivity contribution in [2.24, 2.45) is 0 Å². The van der Waals surface area contributed by atoms with Crippen LogP contribution < -0.4 is 5.48 Å². The highest BCUT2D eigenvalue weighted by Gasteiger charge is 2.42. The van der Waals surface area contributed by atoms with Crippen LogP contribution in [0.25, 0.3) is 0 Å². The van der Waals surface area contributed by atoms with E-state index in [1.165, 1.54) is 4.90 Å². The maximum atomic E-state index is 12.8. The van der Waals surface area contributed by atoms with Gasteiger partial charge in [-0.1, -0.05) is 18.2 Å². The normalized spacial score (nSPS) is 18.8. The molecular formula is C19H28N4O4. The Labute approximate surface area is 159 Å². The van der Waals surface area contributed by atoms with Crippen LogP contribution in [0, 0.1) is 5.41 Å². The number of amidine groups is 1. The van der Waals surface area contributed by atoms with Gasteiger partial charge in [-0.25, -0.2) is 4.79 Å². The van der Waals surface area contributed by atoms with Crippen molar-refractivity contribution in [3.8, 4) is 0 Å². The number of benzene rings is 1. The number of carbonyl (C=O) groups excluding carboxylic acids is 2. The van der Waals surface area contributed by atoms with Crippen LogP contribution >= 0.6 is 0 Å². The molecule has 1 aromatic carbocycles. The minimum atomic E-state index is -0.682. The fourth-order valence-electron chi connectivity index (χ4n) is 3.48. The van der Waals surface area contributed by atoms with Crippen molar-refractivity contribution in [1.29, 1.82) is 5.41 Å². The molecule has 2 atom stereocenters. The summed E-state index contributed by atoms with van der Waals surface area (Å²) in [6.45, 7) is 5.25. The van der Waals surface area contributed by atoms with E-state index in [1.54, 1.807) is 32.9 Å². The number of hydrogen-bond donors (Lipinski definition) is 3. The van der Waals surface area contributed by atoms with Crippen molar-refractivity contribution < 1.29 is 19.5 Å². The van der Waals surface area contributed by atoms with Gasteiger partial charge in [0.2, 0.25) is 0 Å². The molecule has 0 spiro atoms. The smallest absolute Gasteiger partial charge is 0.411 e. The number of amides is 1. The van der Waals surface area contributed by atoms with E-state index in [0.717, 1.165) is 11.1 Å². The highest BCUT2D eigenvalue weighted by atomic mass is 16.6. The average molecular weight is 376 g/mol. The first-order valence-electron chi connectivity index (χ1n) is 8.81. The van der Waals surface area contributed by atoms with Crippen LogP contribution in [0.3, 0.4) is 0 Å². The summed E-state index contributed by atoms with van der Waals surface area (Å²) in [5, 5.41) is 17.1. The Morgan fingerprint density at radius 3 is 2.59 bits per heavy atom. The van der Waals surface area contributed by atoms with E-state index in [2.05, 4.69) is 0 Å². The molecule has 0 saturated carbocycles. The fourth-order valence-corrected chi connectivity index (χ4v) is 3.48. The maximum Gasteiger partial charge on any atom is 0.411 e. The number of carbonyl (C=O) groups is 2. The third-order valence-electron chi connectivity index (χ3n) is 4.59. The third kappa shape index (κ3) is 4.45. The molecule has 1 aromatic rings. The number of fused-ring (bicyclic) bond motifs is 1. The monoisotopic (exact) mass is 376 g/mol. The lowest BCUT2D eigenvalue weighted by Crippen LogP contribution is -2.46. The van der Waals surface area contributed by atoms with Gasteiger partial charge in [0.15, 0.2) is 0 Å². The molecule has 0 aliphatic heterocycles. The van der Waals surface area contributed by atoms with E-state index >= 15 is 0 Å². The molecule has 0 aromatic heterocycles. The number of hydrogen-bond acceptors (Lipinski definition) is 6. The number of rotatable bonds is 5. The van der Waals surface area contributed by atoms with Crippen LogP contribution in [0.2, 0.25) is 0 Å². The summed E-state index contributed by atoms with van der Waals surface area (Å²) in [7, 11) is 3.82. The van der Waals surface area contributed by atoms with Gasteiger partial charge in [0.1, 0.15) is 17.7 Å². The van der Waals surface area contributed by atoms with Crippen molar-refractivity contribution >= 4 is 18.2 Å². The van der Waals surface area contributed by atoms with Crippen molar-refractivity contribution in [1.82, 2.24) is 15.3 Å². The summed E-state index contributed by atoms with van der Waals surface area (Å²) in [5.74, 6) is -0.107. The molecule has 27 heavy (non-hydrogen) atoms. The standard InChI is InChI=1S/C19H28N4O4/c1-19(2,3)27-18(25)23(9-10-24)16-12-7-6-8-13(17(20)21-26)14(12)11-15(16)22(4)5/h6-8,10,15-16,26H,9,11H2,1-5H3,(H2,20,21)/t15?,16-/m0/s1. The summed E-state index contributed by atoms with van der Waals surface area (Å²) in [5.41, 5.74) is 3.49. The van der Waals surface area contributed by atoms with Crippen molar-refractivity contribution in [2.45, 2.75) is 44.9 Å². The molecule has 0 bridgehead atoms. The SMILES string of the molecule is CN(C)C1Cc2c(C(=N)NO)cccc2[C@@H]1N(CC=O)C(=O)OC(C)(C)C. The second-order valence-corrected chi connectivity index (χ2v) is 7.84. The second kappa shape index (κ2) is 8.06. The van der Waals surface area contributed by atoms with Gasteiger partial charge in [-0.2, -0.15) is 0 Å². The van der Waals surface area contributed by atoms with Gasteiger partial charge >= 0.3 is 6.09 Å². The van der Waals surface area contributed by atoms with Crippen LogP contribution in [0.1, 0.15) is 43.5 Å². The second-order valence-electron chi connectivity index (χ2n) is 7.84. The lowest BCUT2D eigenvalue weighted by molar-refractivity contribution is -0.109. The zero-order valence-corrected chi connectivity index (χ0v) is 16.4. The van der Waals surface area contributed by atoms with Crippen molar-refractivity contribution in [3.63, 3.8) is 0 Å². The van der Waals surface area contributed by atoms with Gasteiger partial charge in [-0.05, 0) is 52.4 Å². The van der Waals surface area contributed by atoms with Crippen LogP contribution in [0.4, 0.5) is 4.79 Å². The van der Waals surface area contributed by atoms with Gasteiger partial charge in [0, 0.05) is 11.6 Å². The molecule has 148 valence electrons. The Bertz CT molecular complexity index is 727. The van der Waals surface area contributed by atoms with E-state index in [0.29, 0.717) is 18.3 Å². The van der Waals surface area contributed by atoms with E-state index in [-0.39, 0.29) is 18.4 Å². The average Bonchev–Trinajstić information content (AvgIpc) is 2.96. The number of hydroxylamine groups is 1. The molecule has 1 unspecified atom stereocenters. The van der Waals surface area contributed by atoms with Crippen LogP contribution in [-0.2, 0) is 16.0 Å². The predicted molar refractivity (Wildman–Crippen MR) is 101 cm³/mol. The summed E-state index contributed by atoms with van der Waals surface area (Å²) < 4.78 is 5.52. The topological polar surface area (TPSA) is 106 Å². The zero-order valence-electron chi connectivity index (χ0n) is 16.4. The van der Waals surface area contributed by atoms with E-state index in [1.807, 2.05) is 30.5 Å². The summed E-state index contributed by atoms with van der Waals surface area (Å²) in [4.78, 5) is 27.6. The van der Waals surface area contributed by atoms with Gasteiger partial charge < -0.3 is 14.4 Å². The number of aldehydes is 1. The summed E-state index contributed by atoms with van der Waals surface area (Å²) in [6.07, 6.45) is 0.710. The van der Waals surface area contributed by atoms with E-state index in [9.17, 15) is 9.59 Å². The molecule has 8 heteroatoms. The zero-order chi connectivity index (χ0) is 20.4. The first kappa shape index (κ1) is 20.9. The lowest BCUT2D eigenvalue weighted by Gasteiger charge is -2.36. The highest BCUT2D eigenvalue weighted by Crippen LogP contribution is 2.40. The number of ether oxygens (including phenoxy) is 1. The van der Waals surface area contributed by atoms with Crippen LogP contribution in [-0.4, -0.2) is 65.5 Å². The molecule has 1 amide bonds. The quantitative estimate of drug-likeness (QED) is 0.314. The number of likely N-dealkylation sites (N-methyl/N-ethyl adjacent to an activating group) is 1. The molecule has 0 saturated heterocycles. The molecule has 8 nitrogen and oxygen atoms in total. The van der Waals surface area contributed by atoms with E-state index < -0.39 is 17.7 Å². The Kier molecular flexibility index (Phi) is 6.22. The largest absolute Gasteiger partial charge is 0.444 e. The van der Waals surface area contributed by atoms with Crippen molar-refractivity contribution in [3.05, 3.63) is 34.9 Å². The maximum absolute atomic E-state index is 12.8. The molecule has 1 aliphatic rings. The Hall–Kier alpha value is -2.45. The molecule has 0 radical (unpaired) electrons. The predicted octanol–water partition coefficient (Wildman–Crippen LogP) is 1.95. The van der Waals surface area contributed by atoms with Gasteiger partial charge in [0.05, 0.1) is 12.6 Å². The highest BCUT2D eigenvalue weighted by molar-refractivity contribution is 5.97. The van der Waals surface area contributed by atoms with Crippen LogP contribution in [0.5, 0.6) is 0 Å². The minimum absolute atomic E-state index is 0.0940. The number of nitrogens with one attached hydrogen (secondary N) is 2. The first-order valence-corrected chi connectivity index (χ1v) is 8.81. The molecule has 3 N–H and O–H groups in total. The molecule has 2 rings (SSSR count). The Morgan fingerprint density at radius 2 is 2.07 bits per heavy atom. The van der Waals surface area contributed by atoms with Crippen LogP contribution in [0.15, 0.2) is 18.2 Å². The number of nitrogens with zero attached hydrogens (tertiary/aromatic N) is 2. The van der Waals surface area contributed by atoms with Gasteiger partial charge in [-0.15, -0.1) is 0 Å². The third-order valence-corrected chi connectivity index (χ3v) is 4.59. The fraction of sp³-hybridized carbons (Fsp3) is 0.526. The molecule has 0 heterocycles. The van der Waals surface area contributed by atoms with Gasteiger partial charge in [-0.3, -0.25) is 21.0 Å². The summed E-state index contributed by atoms with van der Waals surface area (Å²) in [6, 6.07) is 4.91. The van der Waals surface area contributed by atoms with Gasteiger partial charge in [0.25, 0.3) is 0 Å². The van der Waals surface area contributed by atoms with Crippen molar-refractivity contribution in [2.75, 3.05) is 20.6 Å². The Balaban J connectivity index is 2.53. The Morgan fingerprint density at radius 1 is 1.41 bits per heavy atom. The lowest BCUT2D eigenvalue weighted by atomic mass is 10.0. The van der Waals surface area contributed by atoms with E-state index in [4.69, 9.17) is 15.4 Å². The summed E-state index contributed by atoms with van der Waals surface area (Å²) >= 11 is 0. The minimum Gasteiger partial charge on any atom is -0.444 e. The molecular weight excluding hydrogens is 348 g/mol. The molecule has 1 aliphatic carbocycles. The first-order chi connectivity index (χ1) is 12.6.